The van der Waals surface area contributed by atoms with E-state index in [1.54, 1.807) is 6.92 Å². The second-order valence-electron chi connectivity index (χ2n) is 8.53. The van der Waals surface area contributed by atoms with Crippen molar-refractivity contribution in [3.63, 3.8) is 0 Å². The second kappa shape index (κ2) is 12.4. The van der Waals surface area contributed by atoms with E-state index in [0.29, 0.717) is 19.4 Å². The minimum absolute atomic E-state index is 0.0128. The second-order valence-corrected chi connectivity index (χ2v) is 8.53. The Kier molecular flexibility index (Phi) is 11.4. The fourth-order valence-electron chi connectivity index (χ4n) is 2.28. The van der Waals surface area contributed by atoms with Crippen LogP contribution >= 0.6 is 0 Å². The molecule has 166 valence electrons. The molecule has 0 aromatic rings. The molecule has 0 aliphatic heterocycles. The van der Waals surface area contributed by atoms with Crippen LogP contribution in [0.5, 0.6) is 0 Å². The molecule has 0 saturated carbocycles. The number of hydrogen-bond donors (Lipinski definition) is 2. The zero-order chi connectivity index (χ0) is 22.7. The first-order valence-corrected chi connectivity index (χ1v) is 9.95. The number of carbonyl (C=O) groups excluding carboxylic acids is 4. The van der Waals surface area contributed by atoms with E-state index in [-0.39, 0.29) is 37.4 Å². The monoisotopic (exact) mass is 411 g/mol. The highest BCUT2D eigenvalue weighted by Crippen LogP contribution is 2.22. The van der Waals surface area contributed by atoms with E-state index in [2.05, 4.69) is 10.6 Å². The molecule has 0 radical (unpaired) electrons. The molecule has 0 unspecified atom stereocenters. The van der Waals surface area contributed by atoms with Gasteiger partial charge in [-0.05, 0) is 47.1 Å². The van der Waals surface area contributed by atoms with Gasteiger partial charge < -0.3 is 15.4 Å². The van der Waals surface area contributed by atoms with Crippen molar-refractivity contribution in [3.05, 3.63) is 12.2 Å². The summed E-state index contributed by atoms with van der Waals surface area (Å²) in [6.07, 6.45) is 3.78. The highest BCUT2D eigenvalue weighted by atomic mass is 16.5. The predicted molar refractivity (Wildman–Crippen MR) is 112 cm³/mol. The summed E-state index contributed by atoms with van der Waals surface area (Å²) in [4.78, 5) is 47.8. The van der Waals surface area contributed by atoms with Crippen LogP contribution in [0.25, 0.3) is 0 Å². The highest BCUT2D eigenvalue weighted by Gasteiger charge is 2.29. The molecule has 0 aromatic heterocycles. The summed E-state index contributed by atoms with van der Waals surface area (Å²) in [5, 5.41) is 5.66. The van der Waals surface area contributed by atoms with Crippen LogP contribution in [0.15, 0.2) is 12.2 Å². The van der Waals surface area contributed by atoms with Crippen LogP contribution in [0.4, 0.5) is 0 Å². The van der Waals surface area contributed by atoms with E-state index < -0.39 is 16.9 Å². The van der Waals surface area contributed by atoms with E-state index >= 15 is 0 Å². The fourth-order valence-corrected chi connectivity index (χ4v) is 2.28. The minimum Gasteiger partial charge on any atom is -0.374 e. The van der Waals surface area contributed by atoms with Crippen molar-refractivity contribution < 1.29 is 23.9 Å². The largest absolute Gasteiger partial charge is 0.374 e. The molecular formula is C21H37N3O5. The number of rotatable bonds is 13. The van der Waals surface area contributed by atoms with Gasteiger partial charge in [-0.1, -0.05) is 19.9 Å². The lowest BCUT2D eigenvalue weighted by Crippen LogP contribution is -2.43. The summed E-state index contributed by atoms with van der Waals surface area (Å²) in [6.45, 7) is 13.6. The molecule has 8 heteroatoms. The molecule has 0 aliphatic carbocycles. The zero-order valence-electron chi connectivity index (χ0n) is 18.8. The van der Waals surface area contributed by atoms with Crippen LogP contribution in [0.3, 0.4) is 0 Å². The zero-order valence-corrected chi connectivity index (χ0v) is 18.8. The van der Waals surface area contributed by atoms with Gasteiger partial charge in [0.25, 0.3) is 5.91 Å². The van der Waals surface area contributed by atoms with Crippen LogP contribution in [0.1, 0.15) is 61.3 Å². The van der Waals surface area contributed by atoms with E-state index in [0.717, 1.165) is 4.90 Å². The molecule has 4 amide bonds. The molecule has 0 saturated heterocycles. The number of imide groups is 1. The molecule has 0 bridgehead atoms. The predicted octanol–water partition coefficient (Wildman–Crippen LogP) is 1.79. The van der Waals surface area contributed by atoms with Gasteiger partial charge in [0, 0.05) is 37.6 Å². The summed E-state index contributed by atoms with van der Waals surface area (Å²) >= 11 is 0. The maximum Gasteiger partial charge on any atom is 0.252 e. The Bertz CT molecular complexity index is 597. The maximum atomic E-state index is 12.2. The molecule has 0 fully saturated rings. The molecule has 0 aromatic carbocycles. The molecule has 0 spiro atoms. The molecule has 2 N–H and O–H groups in total. The maximum absolute atomic E-state index is 12.2. The fraction of sp³-hybridized carbons (Fsp3) is 0.714. The Hall–Kier alpha value is -2.22. The van der Waals surface area contributed by atoms with Gasteiger partial charge in [0.15, 0.2) is 0 Å². The Morgan fingerprint density at radius 2 is 1.76 bits per heavy atom. The Labute approximate surface area is 174 Å². The molecule has 29 heavy (non-hydrogen) atoms. The standard InChI is InChI=1S/C21H37N3O5/c1-8-9-18(27)24(15-25)12-10-17(26)22-14-21(6,7)29-13-11-20(4,5)19(28)23-16(2)3/h8-9,15-16H,10-14H2,1-7H3,(H,22,26)(H,23,28)/b9-8-. The summed E-state index contributed by atoms with van der Waals surface area (Å²) in [7, 11) is 0. The van der Waals surface area contributed by atoms with Gasteiger partial charge >= 0.3 is 0 Å². The van der Waals surface area contributed by atoms with Crippen molar-refractivity contribution in [2.75, 3.05) is 19.7 Å². The van der Waals surface area contributed by atoms with Crippen LogP contribution < -0.4 is 10.6 Å². The van der Waals surface area contributed by atoms with Crippen molar-refractivity contribution in [2.45, 2.75) is 73.0 Å². The summed E-state index contributed by atoms with van der Waals surface area (Å²) < 4.78 is 5.86. The average Bonchev–Trinajstić information content (AvgIpc) is 2.60. The third-order valence-electron chi connectivity index (χ3n) is 4.26. The van der Waals surface area contributed by atoms with Crippen molar-refractivity contribution in [3.8, 4) is 0 Å². The number of allylic oxidation sites excluding steroid dienone is 1. The van der Waals surface area contributed by atoms with E-state index in [9.17, 15) is 19.2 Å². The first-order chi connectivity index (χ1) is 13.3. The van der Waals surface area contributed by atoms with Crippen LogP contribution in [0.2, 0.25) is 0 Å². The Morgan fingerprint density at radius 3 is 2.28 bits per heavy atom. The van der Waals surface area contributed by atoms with Gasteiger partial charge in [-0.25, -0.2) is 0 Å². The average molecular weight is 412 g/mol. The SMILES string of the molecule is C/C=C\C(=O)N(C=O)CCC(=O)NCC(C)(C)OCCC(C)(C)C(=O)NC(C)C. The van der Waals surface area contributed by atoms with Crippen molar-refractivity contribution >= 4 is 24.1 Å². The lowest BCUT2D eigenvalue weighted by molar-refractivity contribution is -0.135. The molecule has 0 atom stereocenters. The van der Waals surface area contributed by atoms with Gasteiger partial charge in [-0.15, -0.1) is 0 Å². The van der Waals surface area contributed by atoms with Crippen LogP contribution in [0, 0.1) is 5.41 Å². The number of carbonyl (C=O) groups is 4. The third kappa shape index (κ3) is 11.4. The number of amides is 4. The van der Waals surface area contributed by atoms with Crippen molar-refractivity contribution in [2.24, 2.45) is 5.41 Å². The van der Waals surface area contributed by atoms with Gasteiger partial charge in [0.1, 0.15) is 0 Å². The number of nitrogens with zero attached hydrogens (tertiary/aromatic N) is 1. The van der Waals surface area contributed by atoms with Crippen molar-refractivity contribution in [1.82, 2.24) is 15.5 Å². The third-order valence-corrected chi connectivity index (χ3v) is 4.26. The first kappa shape index (κ1) is 26.8. The Balaban J connectivity index is 4.37. The van der Waals surface area contributed by atoms with Gasteiger partial charge in [0.05, 0.1) is 5.60 Å². The quantitative estimate of drug-likeness (QED) is 0.355. The number of hydrogen-bond acceptors (Lipinski definition) is 5. The van der Waals surface area contributed by atoms with Crippen molar-refractivity contribution in [1.29, 1.82) is 0 Å². The molecule has 0 heterocycles. The van der Waals surface area contributed by atoms with Crippen LogP contribution in [-0.4, -0.2) is 60.4 Å². The van der Waals surface area contributed by atoms with Gasteiger partial charge in [-0.3, -0.25) is 24.1 Å². The minimum atomic E-state index is -0.620. The van der Waals surface area contributed by atoms with Gasteiger partial charge in [0.2, 0.25) is 18.2 Å². The van der Waals surface area contributed by atoms with Crippen LogP contribution in [-0.2, 0) is 23.9 Å². The summed E-state index contributed by atoms with van der Waals surface area (Å²) in [6, 6.07) is 0.0813. The van der Waals surface area contributed by atoms with E-state index in [1.807, 2.05) is 41.5 Å². The summed E-state index contributed by atoms with van der Waals surface area (Å²) in [5.41, 5.74) is -1.17. The lowest BCUT2D eigenvalue weighted by atomic mass is 9.88. The van der Waals surface area contributed by atoms with E-state index in [4.69, 9.17) is 4.74 Å². The molecule has 0 aliphatic rings. The van der Waals surface area contributed by atoms with E-state index in [1.165, 1.54) is 12.2 Å². The smallest absolute Gasteiger partial charge is 0.252 e. The molecule has 0 rings (SSSR count). The summed E-state index contributed by atoms with van der Waals surface area (Å²) in [5.74, 6) is -0.754. The Morgan fingerprint density at radius 1 is 1.14 bits per heavy atom. The first-order valence-electron chi connectivity index (χ1n) is 9.95. The topological polar surface area (TPSA) is 105 Å². The van der Waals surface area contributed by atoms with Gasteiger partial charge in [-0.2, -0.15) is 0 Å². The lowest BCUT2D eigenvalue weighted by Gasteiger charge is -2.29. The number of nitrogens with one attached hydrogen (secondary N) is 2. The molecular weight excluding hydrogens is 374 g/mol. The highest BCUT2D eigenvalue weighted by molar-refractivity contribution is 5.94. The molecule has 8 nitrogen and oxygen atoms in total. The number of ether oxygens (including phenoxy) is 1. The normalized spacial score (nSPS) is 12.1.